The second-order valence-corrected chi connectivity index (χ2v) is 8.70. The number of benzene rings is 3. The maximum Gasteiger partial charge on any atom is 0.326 e. The van der Waals surface area contributed by atoms with E-state index in [1.807, 2.05) is 26.0 Å². The largest absolute Gasteiger partial charge is 0.494 e. The molecule has 0 bridgehead atoms. The molecular weight excluding hydrogens is 495 g/mol. The number of carbonyl (C=O) groups excluding carboxylic acids is 1. The Morgan fingerprint density at radius 2 is 1.69 bits per heavy atom. The molecule has 2 amide bonds. The van der Waals surface area contributed by atoms with E-state index in [1.165, 1.54) is 19.2 Å². The van der Waals surface area contributed by atoms with Gasteiger partial charge in [0.25, 0.3) is 0 Å². The van der Waals surface area contributed by atoms with Gasteiger partial charge in [0.1, 0.15) is 0 Å². The molecule has 0 atom stereocenters. The first-order valence-electron chi connectivity index (χ1n) is 11.2. The molecule has 3 aromatic carbocycles. The van der Waals surface area contributed by atoms with Crippen molar-refractivity contribution in [1.29, 1.82) is 0 Å². The number of nitrogen functional groups attached to an aromatic ring is 1. The smallest absolute Gasteiger partial charge is 0.326 e. The molecule has 0 fully saturated rings. The van der Waals surface area contributed by atoms with Gasteiger partial charge >= 0.3 is 6.03 Å². The molecule has 0 aromatic heterocycles. The van der Waals surface area contributed by atoms with E-state index in [9.17, 15) is 9.18 Å². The minimum atomic E-state index is -1.19. The van der Waals surface area contributed by atoms with Gasteiger partial charge in [-0.15, -0.1) is 0 Å². The van der Waals surface area contributed by atoms with Crippen LogP contribution in [-0.2, 0) is 19.3 Å². The van der Waals surface area contributed by atoms with Crippen LogP contribution in [0.2, 0.25) is 10.0 Å². The number of carbonyl (C=O) groups is 1. The molecule has 186 valence electrons. The minimum absolute atomic E-state index is 0.0646. The fourth-order valence-electron chi connectivity index (χ4n) is 3.92. The predicted molar refractivity (Wildman–Crippen MR) is 139 cm³/mol. The summed E-state index contributed by atoms with van der Waals surface area (Å²) in [5.41, 5.74) is 9.17. The van der Waals surface area contributed by atoms with Crippen molar-refractivity contribution in [3.05, 3.63) is 80.8 Å². The molecule has 9 heteroatoms. The fourth-order valence-corrected chi connectivity index (χ4v) is 4.39. The lowest BCUT2D eigenvalue weighted by molar-refractivity contribution is 0.256. The monoisotopic (exact) mass is 521 g/mol. The summed E-state index contributed by atoms with van der Waals surface area (Å²) in [5.74, 6) is -2.62. The van der Waals surface area contributed by atoms with Crippen molar-refractivity contribution in [1.82, 2.24) is 0 Å². The van der Waals surface area contributed by atoms with Gasteiger partial charge in [0, 0.05) is 22.3 Å². The number of hydrogen-bond acceptors (Lipinski definition) is 3. The molecule has 0 aliphatic carbocycles. The van der Waals surface area contributed by atoms with Crippen LogP contribution in [0, 0.1) is 11.6 Å². The Morgan fingerprint density at radius 3 is 2.29 bits per heavy atom. The highest BCUT2D eigenvalue weighted by molar-refractivity contribution is 6.32. The van der Waals surface area contributed by atoms with Crippen molar-refractivity contribution in [3.63, 3.8) is 0 Å². The topological polar surface area (TPSA) is 67.6 Å². The van der Waals surface area contributed by atoms with Gasteiger partial charge in [-0.1, -0.05) is 49.2 Å². The van der Waals surface area contributed by atoms with Gasteiger partial charge in [0.15, 0.2) is 11.6 Å². The van der Waals surface area contributed by atoms with Crippen molar-refractivity contribution < 1.29 is 18.3 Å². The number of anilines is 3. The molecule has 3 rings (SSSR count). The van der Waals surface area contributed by atoms with E-state index < -0.39 is 17.7 Å². The molecule has 0 radical (unpaired) electrons. The Kier molecular flexibility index (Phi) is 8.81. The summed E-state index contributed by atoms with van der Waals surface area (Å²) in [4.78, 5) is 14.7. The van der Waals surface area contributed by atoms with E-state index in [-0.39, 0.29) is 18.0 Å². The predicted octanol–water partition coefficient (Wildman–Crippen LogP) is 7.27. The van der Waals surface area contributed by atoms with Gasteiger partial charge in [-0.2, -0.15) is 4.39 Å². The highest BCUT2D eigenvalue weighted by Crippen LogP contribution is 2.35. The number of ether oxygens (including phenoxy) is 1. The van der Waals surface area contributed by atoms with Gasteiger partial charge < -0.3 is 15.8 Å². The van der Waals surface area contributed by atoms with Gasteiger partial charge in [-0.3, -0.25) is 4.90 Å². The SMILES string of the molecule is CCc1c(N)cc(Cl)c(CC)c1NC(=O)N(CCc1ccc(Cl)cc1)c1ccc(OC)c(F)c1F. The Hall–Kier alpha value is -3.03. The van der Waals surface area contributed by atoms with Crippen LogP contribution in [0.15, 0.2) is 42.5 Å². The molecule has 3 N–H and O–H groups in total. The lowest BCUT2D eigenvalue weighted by Crippen LogP contribution is -2.38. The second-order valence-electron chi connectivity index (χ2n) is 7.86. The van der Waals surface area contributed by atoms with Crippen molar-refractivity contribution in [3.8, 4) is 5.75 Å². The lowest BCUT2D eigenvalue weighted by atomic mass is 10.0. The zero-order valence-corrected chi connectivity index (χ0v) is 21.2. The van der Waals surface area contributed by atoms with E-state index in [2.05, 4.69) is 5.32 Å². The first kappa shape index (κ1) is 26.6. The number of amides is 2. The Bertz CT molecular complexity index is 1190. The lowest BCUT2D eigenvalue weighted by Gasteiger charge is -2.26. The number of nitrogens with zero attached hydrogens (tertiary/aromatic N) is 1. The summed E-state index contributed by atoms with van der Waals surface area (Å²) in [6, 6.07) is 10.7. The van der Waals surface area contributed by atoms with Gasteiger partial charge in [-0.05, 0) is 66.3 Å². The Labute approximate surface area is 213 Å². The molecule has 35 heavy (non-hydrogen) atoms. The standard InChI is InChI=1S/C26H27Cl2F2N3O2/c1-4-17-19(28)14-20(31)18(5-2)25(17)32-26(34)33(13-12-15-6-8-16(27)9-7-15)21-10-11-22(35-3)24(30)23(21)29/h6-11,14H,4-5,12-13,31H2,1-3H3,(H,32,34). The van der Waals surface area contributed by atoms with Gasteiger partial charge in [0.05, 0.1) is 18.5 Å². The molecule has 0 saturated carbocycles. The number of halogens is 4. The van der Waals surface area contributed by atoms with Crippen LogP contribution in [0.5, 0.6) is 5.75 Å². The number of methoxy groups -OCH3 is 1. The zero-order valence-electron chi connectivity index (χ0n) is 19.7. The summed E-state index contributed by atoms with van der Waals surface area (Å²) in [7, 11) is 1.24. The average Bonchev–Trinajstić information content (AvgIpc) is 2.83. The van der Waals surface area contributed by atoms with E-state index in [4.69, 9.17) is 33.7 Å². The summed E-state index contributed by atoms with van der Waals surface area (Å²) in [6.45, 7) is 3.88. The number of nitrogens with two attached hydrogens (primary N) is 1. The first-order valence-corrected chi connectivity index (χ1v) is 11.9. The summed E-state index contributed by atoms with van der Waals surface area (Å²) >= 11 is 12.4. The zero-order chi connectivity index (χ0) is 25.7. The highest BCUT2D eigenvalue weighted by Gasteiger charge is 2.25. The normalized spacial score (nSPS) is 10.8. The summed E-state index contributed by atoms with van der Waals surface area (Å²) in [5, 5.41) is 3.86. The number of nitrogens with one attached hydrogen (secondary N) is 1. The van der Waals surface area contributed by atoms with Gasteiger partial charge in [0.2, 0.25) is 5.82 Å². The van der Waals surface area contributed by atoms with E-state index in [1.54, 1.807) is 18.2 Å². The first-order chi connectivity index (χ1) is 16.7. The van der Waals surface area contributed by atoms with Crippen LogP contribution in [0.25, 0.3) is 0 Å². The van der Waals surface area contributed by atoms with Crippen molar-refractivity contribution in [2.45, 2.75) is 33.1 Å². The molecule has 0 heterocycles. The molecular formula is C26H27Cl2F2N3O2. The van der Waals surface area contributed by atoms with Crippen molar-refractivity contribution in [2.24, 2.45) is 0 Å². The molecule has 0 spiro atoms. The van der Waals surface area contributed by atoms with Crippen LogP contribution in [0.1, 0.15) is 30.5 Å². The quantitative estimate of drug-likeness (QED) is 0.306. The van der Waals surface area contributed by atoms with Crippen LogP contribution in [-0.4, -0.2) is 19.7 Å². The summed E-state index contributed by atoms with van der Waals surface area (Å²) < 4.78 is 34.5. The number of hydrogen-bond donors (Lipinski definition) is 2. The number of rotatable bonds is 8. The molecule has 0 saturated heterocycles. The Balaban J connectivity index is 2.03. The highest BCUT2D eigenvalue weighted by atomic mass is 35.5. The molecule has 3 aromatic rings. The molecule has 0 aliphatic heterocycles. The maximum absolute atomic E-state index is 15.1. The van der Waals surface area contributed by atoms with Gasteiger partial charge in [-0.25, -0.2) is 9.18 Å². The van der Waals surface area contributed by atoms with Crippen LogP contribution < -0.4 is 20.7 Å². The third-order valence-corrected chi connectivity index (χ3v) is 6.37. The fraction of sp³-hybridized carbons (Fsp3) is 0.269. The van der Waals surface area contributed by atoms with Crippen LogP contribution in [0.3, 0.4) is 0 Å². The van der Waals surface area contributed by atoms with Crippen molar-refractivity contribution in [2.75, 3.05) is 29.6 Å². The molecule has 0 unspecified atom stereocenters. The average molecular weight is 522 g/mol. The van der Waals surface area contributed by atoms with E-state index in [0.29, 0.717) is 46.2 Å². The molecule has 5 nitrogen and oxygen atoms in total. The van der Waals surface area contributed by atoms with Crippen LogP contribution in [0.4, 0.5) is 30.6 Å². The van der Waals surface area contributed by atoms with E-state index >= 15 is 4.39 Å². The van der Waals surface area contributed by atoms with Crippen LogP contribution >= 0.6 is 23.2 Å². The molecule has 0 aliphatic rings. The van der Waals surface area contributed by atoms with Crippen molar-refractivity contribution >= 4 is 46.3 Å². The maximum atomic E-state index is 15.1. The third kappa shape index (κ3) is 5.80. The second kappa shape index (κ2) is 11.6. The minimum Gasteiger partial charge on any atom is -0.494 e. The Morgan fingerprint density at radius 1 is 1.03 bits per heavy atom. The van der Waals surface area contributed by atoms with E-state index in [0.717, 1.165) is 16.0 Å². The summed E-state index contributed by atoms with van der Waals surface area (Å²) in [6.07, 6.45) is 1.45. The number of urea groups is 1. The third-order valence-electron chi connectivity index (χ3n) is 5.78.